The quantitative estimate of drug-likeness (QED) is 0.635. The van der Waals surface area contributed by atoms with Crippen molar-refractivity contribution in [3.8, 4) is 11.3 Å². The summed E-state index contributed by atoms with van der Waals surface area (Å²) in [5.74, 6) is 1.93. The van der Waals surface area contributed by atoms with Gasteiger partial charge in [-0.1, -0.05) is 44.2 Å². The Labute approximate surface area is 174 Å². The molecule has 152 valence electrons. The third-order valence-corrected chi connectivity index (χ3v) is 4.16. The number of nitrogens with zero attached hydrogens (tertiary/aromatic N) is 1. The third kappa shape index (κ3) is 8.33. The standard InChI is InChI=1S/C20H29N3O2.2ClH/c1-15(2)12-20(3,14-21)23-18(24)10-7-11-19-22-13-17(25-19)16-8-5-4-6-9-16;;/h4-6,8-9,13,15H,7,10-12,14,21H2,1-3H3,(H,23,24);2*1H. The van der Waals surface area contributed by atoms with Crippen LogP contribution in [0.2, 0.25) is 0 Å². The van der Waals surface area contributed by atoms with Gasteiger partial charge in [0.1, 0.15) is 0 Å². The molecule has 0 fully saturated rings. The predicted octanol–water partition coefficient (Wildman–Crippen LogP) is 4.39. The van der Waals surface area contributed by atoms with Crippen LogP contribution < -0.4 is 11.1 Å². The van der Waals surface area contributed by atoms with Crippen molar-refractivity contribution in [3.05, 3.63) is 42.4 Å². The molecule has 1 heterocycles. The van der Waals surface area contributed by atoms with E-state index in [-0.39, 0.29) is 36.3 Å². The van der Waals surface area contributed by atoms with Gasteiger partial charge in [-0.2, -0.15) is 0 Å². The van der Waals surface area contributed by atoms with Crippen LogP contribution in [-0.2, 0) is 11.2 Å². The zero-order chi connectivity index (χ0) is 18.3. The van der Waals surface area contributed by atoms with Crippen molar-refractivity contribution in [2.75, 3.05) is 6.54 Å². The van der Waals surface area contributed by atoms with Gasteiger partial charge in [-0.3, -0.25) is 4.79 Å². The van der Waals surface area contributed by atoms with E-state index >= 15 is 0 Å². The van der Waals surface area contributed by atoms with E-state index in [1.807, 2.05) is 37.3 Å². The Morgan fingerprint density at radius 1 is 1.26 bits per heavy atom. The van der Waals surface area contributed by atoms with E-state index in [0.717, 1.165) is 17.7 Å². The maximum Gasteiger partial charge on any atom is 0.220 e. The lowest BCUT2D eigenvalue weighted by Crippen LogP contribution is -2.52. The molecule has 2 rings (SSSR count). The molecular formula is C20H31Cl2N3O2. The van der Waals surface area contributed by atoms with Crippen molar-refractivity contribution in [1.29, 1.82) is 0 Å². The second-order valence-corrected chi connectivity index (χ2v) is 7.25. The van der Waals surface area contributed by atoms with Crippen LogP contribution in [0.25, 0.3) is 11.3 Å². The van der Waals surface area contributed by atoms with Gasteiger partial charge in [-0.05, 0) is 25.7 Å². The molecule has 0 saturated carbocycles. The second-order valence-electron chi connectivity index (χ2n) is 7.25. The van der Waals surface area contributed by atoms with Crippen LogP contribution in [0.3, 0.4) is 0 Å². The molecule has 1 aromatic heterocycles. The molecule has 3 N–H and O–H groups in total. The molecule has 2 aromatic rings. The Bertz CT molecular complexity index is 677. The van der Waals surface area contributed by atoms with Crippen LogP contribution in [0, 0.1) is 5.92 Å². The van der Waals surface area contributed by atoms with E-state index in [0.29, 0.717) is 37.6 Å². The number of amides is 1. The molecule has 1 unspecified atom stereocenters. The van der Waals surface area contributed by atoms with E-state index in [9.17, 15) is 4.79 Å². The summed E-state index contributed by atoms with van der Waals surface area (Å²) in [5.41, 5.74) is 6.51. The number of carbonyl (C=O) groups is 1. The first-order chi connectivity index (χ1) is 11.9. The summed E-state index contributed by atoms with van der Waals surface area (Å²) in [7, 11) is 0. The number of aryl methyl sites for hydroxylation is 1. The van der Waals surface area contributed by atoms with E-state index in [2.05, 4.69) is 24.1 Å². The lowest BCUT2D eigenvalue weighted by atomic mass is 9.90. The number of aromatic nitrogens is 1. The van der Waals surface area contributed by atoms with Crippen LogP contribution >= 0.6 is 24.8 Å². The van der Waals surface area contributed by atoms with Crippen molar-refractivity contribution in [2.45, 2.75) is 52.0 Å². The highest BCUT2D eigenvalue weighted by Crippen LogP contribution is 2.20. The minimum Gasteiger partial charge on any atom is -0.441 e. The zero-order valence-electron chi connectivity index (χ0n) is 16.2. The molecule has 0 spiro atoms. The summed E-state index contributed by atoms with van der Waals surface area (Å²) in [6, 6.07) is 9.87. The van der Waals surface area contributed by atoms with Gasteiger partial charge in [0.15, 0.2) is 11.7 Å². The normalized spacial score (nSPS) is 12.6. The summed E-state index contributed by atoms with van der Waals surface area (Å²) in [6.45, 7) is 6.71. The first kappa shape index (κ1) is 25.4. The molecular weight excluding hydrogens is 385 g/mol. The highest BCUT2D eigenvalue weighted by Gasteiger charge is 2.25. The highest BCUT2D eigenvalue weighted by molar-refractivity contribution is 5.85. The van der Waals surface area contributed by atoms with Crippen LogP contribution in [0.4, 0.5) is 0 Å². The monoisotopic (exact) mass is 415 g/mol. The van der Waals surface area contributed by atoms with Gasteiger partial charge in [-0.25, -0.2) is 4.98 Å². The summed E-state index contributed by atoms with van der Waals surface area (Å²) in [5, 5.41) is 3.08. The number of oxazole rings is 1. The Morgan fingerprint density at radius 2 is 1.93 bits per heavy atom. The number of hydrogen-bond donors (Lipinski definition) is 2. The average Bonchev–Trinajstić information content (AvgIpc) is 3.03. The lowest BCUT2D eigenvalue weighted by molar-refractivity contribution is -0.123. The molecule has 5 nitrogen and oxygen atoms in total. The summed E-state index contributed by atoms with van der Waals surface area (Å²) in [6.07, 6.45) is 4.39. The average molecular weight is 416 g/mol. The molecule has 0 aliphatic heterocycles. The summed E-state index contributed by atoms with van der Waals surface area (Å²) < 4.78 is 5.76. The van der Waals surface area contributed by atoms with Crippen LogP contribution in [-0.4, -0.2) is 23.0 Å². The van der Waals surface area contributed by atoms with E-state index in [1.165, 1.54) is 0 Å². The zero-order valence-corrected chi connectivity index (χ0v) is 17.9. The topological polar surface area (TPSA) is 81.1 Å². The fraction of sp³-hybridized carbons (Fsp3) is 0.500. The maximum absolute atomic E-state index is 12.2. The first-order valence-corrected chi connectivity index (χ1v) is 8.93. The van der Waals surface area contributed by atoms with Crippen molar-refractivity contribution < 1.29 is 9.21 Å². The molecule has 0 aliphatic carbocycles. The predicted molar refractivity (Wildman–Crippen MR) is 114 cm³/mol. The minimum absolute atomic E-state index is 0. The van der Waals surface area contributed by atoms with Crippen molar-refractivity contribution in [3.63, 3.8) is 0 Å². The van der Waals surface area contributed by atoms with E-state index < -0.39 is 0 Å². The van der Waals surface area contributed by atoms with Gasteiger partial charge < -0.3 is 15.5 Å². The largest absolute Gasteiger partial charge is 0.441 e. The third-order valence-electron chi connectivity index (χ3n) is 4.16. The highest BCUT2D eigenvalue weighted by atomic mass is 35.5. The fourth-order valence-electron chi connectivity index (χ4n) is 3.05. The van der Waals surface area contributed by atoms with Gasteiger partial charge in [0.05, 0.1) is 6.20 Å². The second kappa shape index (κ2) is 12.0. The number of nitrogens with one attached hydrogen (secondary N) is 1. The Hall–Kier alpha value is -1.56. The number of benzene rings is 1. The number of halogens is 2. The molecule has 0 aliphatic rings. The van der Waals surface area contributed by atoms with E-state index in [1.54, 1.807) is 6.20 Å². The van der Waals surface area contributed by atoms with Gasteiger partial charge in [-0.15, -0.1) is 24.8 Å². The van der Waals surface area contributed by atoms with Crippen LogP contribution in [0.15, 0.2) is 40.9 Å². The molecule has 1 amide bonds. The van der Waals surface area contributed by atoms with Crippen molar-refractivity contribution >= 4 is 30.7 Å². The molecule has 1 aromatic carbocycles. The number of nitrogens with two attached hydrogens (primary N) is 1. The molecule has 7 heteroatoms. The Balaban J connectivity index is 0.00000338. The van der Waals surface area contributed by atoms with Crippen LogP contribution in [0.1, 0.15) is 45.9 Å². The van der Waals surface area contributed by atoms with Gasteiger partial charge in [0, 0.05) is 30.5 Å². The first-order valence-electron chi connectivity index (χ1n) is 8.93. The van der Waals surface area contributed by atoms with Gasteiger partial charge in [0.25, 0.3) is 0 Å². The fourth-order valence-corrected chi connectivity index (χ4v) is 3.05. The summed E-state index contributed by atoms with van der Waals surface area (Å²) in [4.78, 5) is 16.5. The van der Waals surface area contributed by atoms with Crippen molar-refractivity contribution in [1.82, 2.24) is 10.3 Å². The minimum atomic E-state index is -0.339. The van der Waals surface area contributed by atoms with Crippen molar-refractivity contribution in [2.24, 2.45) is 11.7 Å². The van der Waals surface area contributed by atoms with Crippen LogP contribution in [0.5, 0.6) is 0 Å². The number of rotatable bonds is 9. The summed E-state index contributed by atoms with van der Waals surface area (Å²) >= 11 is 0. The maximum atomic E-state index is 12.2. The Morgan fingerprint density at radius 3 is 2.52 bits per heavy atom. The van der Waals surface area contributed by atoms with E-state index in [4.69, 9.17) is 10.2 Å². The van der Waals surface area contributed by atoms with Gasteiger partial charge >= 0.3 is 0 Å². The molecule has 1 atom stereocenters. The molecule has 0 bridgehead atoms. The SMILES string of the molecule is CC(C)CC(C)(CN)NC(=O)CCCc1ncc(-c2ccccc2)o1.Cl.Cl. The number of hydrogen-bond acceptors (Lipinski definition) is 4. The molecule has 0 radical (unpaired) electrons. The molecule has 27 heavy (non-hydrogen) atoms. The molecule has 0 saturated heterocycles. The smallest absolute Gasteiger partial charge is 0.220 e. The Kier molecular flexibility index (Phi) is 11.3. The van der Waals surface area contributed by atoms with Gasteiger partial charge in [0.2, 0.25) is 5.91 Å². The lowest BCUT2D eigenvalue weighted by Gasteiger charge is -2.31. The number of carbonyl (C=O) groups excluding carboxylic acids is 1.